The number of thioether (sulfide) groups is 1. The monoisotopic (exact) mass is 540 g/mol. The van der Waals surface area contributed by atoms with Gasteiger partial charge in [0.1, 0.15) is 23.9 Å². The van der Waals surface area contributed by atoms with Crippen molar-refractivity contribution in [1.29, 1.82) is 0 Å². The molecule has 1 aromatic carbocycles. The molecule has 0 fully saturated rings. The number of nitrogens with one attached hydrogen (secondary N) is 3. The molecule has 0 aliphatic carbocycles. The number of phenols is 1. The van der Waals surface area contributed by atoms with Crippen LogP contribution in [0.15, 0.2) is 24.3 Å². The van der Waals surface area contributed by atoms with Gasteiger partial charge >= 0.3 is 11.9 Å². The van der Waals surface area contributed by atoms with Crippen LogP contribution in [-0.2, 0) is 30.4 Å². The number of carboxylic acid groups (broad SMARTS) is 2. The maximum absolute atomic E-state index is 13.1. The smallest absolute Gasteiger partial charge is 0.326 e. The van der Waals surface area contributed by atoms with Crippen molar-refractivity contribution in [2.24, 2.45) is 11.7 Å². The standard InChI is InChI=1S/C24H36N4O8S/c1-13(2)10-19(24(35)36)28-22(33)17(11-14-4-6-15(29)7-5-14)27-23(34)18(12-20(30)31)26-21(32)16(25)8-9-37-3/h4-7,13,16-19,29H,8-12,25H2,1-3H3,(H,26,32)(H,27,34)(H,28,33)(H,30,31)(H,35,36). The molecule has 206 valence electrons. The molecule has 0 radical (unpaired) electrons. The van der Waals surface area contributed by atoms with Gasteiger partial charge in [-0.2, -0.15) is 11.8 Å². The van der Waals surface area contributed by atoms with Crippen LogP contribution in [-0.4, -0.2) is 81.2 Å². The van der Waals surface area contributed by atoms with Crippen molar-refractivity contribution >= 4 is 41.4 Å². The largest absolute Gasteiger partial charge is 0.508 e. The molecule has 0 aliphatic rings. The van der Waals surface area contributed by atoms with Gasteiger partial charge in [-0.25, -0.2) is 4.79 Å². The second-order valence-corrected chi connectivity index (χ2v) is 9.99. The van der Waals surface area contributed by atoms with Crippen LogP contribution in [0.5, 0.6) is 5.75 Å². The number of aliphatic carboxylic acids is 2. The summed E-state index contributed by atoms with van der Waals surface area (Å²) in [4.78, 5) is 61.6. The molecule has 0 spiro atoms. The van der Waals surface area contributed by atoms with E-state index in [4.69, 9.17) is 5.73 Å². The summed E-state index contributed by atoms with van der Waals surface area (Å²) in [7, 11) is 0. The van der Waals surface area contributed by atoms with Gasteiger partial charge in [0.25, 0.3) is 0 Å². The van der Waals surface area contributed by atoms with Crippen LogP contribution < -0.4 is 21.7 Å². The first kappa shape index (κ1) is 31.7. The number of carbonyl (C=O) groups is 5. The third-order valence-electron chi connectivity index (χ3n) is 5.31. The fourth-order valence-corrected chi connectivity index (χ4v) is 3.84. The van der Waals surface area contributed by atoms with Crippen LogP contribution in [0.1, 0.15) is 38.7 Å². The Balaban J connectivity index is 3.14. The molecule has 13 heteroatoms. The number of carboxylic acids is 2. The Morgan fingerprint density at radius 2 is 1.43 bits per heavy atom. The van der Waals surface area contributed by atoms with E-state index in [2.05, 4.69) is 16.0 Å². The number of nitrogens with two attached hydrogens (primary N) is 1. The SMILES string of the molecule is CSCCC(N)C(=O)NC(CC(=O)O)C(=O)NC(Cc1ccc(O)cc1)C(=O)NC(CC(C)C)C(=O)O. The Morgan fingerprint density at radius 3 is 1.95 bits per heavy atom. The maximum Gasteiger partial charge on any atom is 0.326 e. The average molecular weight is 541 g/mol. The first-order valence-electron chi connectivity index (χ1n) is 11.7. The van der Waals surface area contributed by atoms with Gasteiger partial charge in [-0.15, -0.1) is 0 Å². The number of amides is 3. The Bertz CT molecular complexity index is 941. The first-order valence-corrected chi connectivity index (χ1v) is 13.1. The summed E-state index contributed by atoms with van der Waals surface area (Å²) < 4.78 is 0. The van der Waals surface area contributed by atoms with Crippen LogP contribution in [0.4, 0.5) is 0 Å². The van der Waals surface area contributed by atoms with Crippen molar-refractivity contribution in [3.8, 4) is 5.75 Å². The minimum atomic E-state index is -1.52. The van der Waals surface area contributed by atoms with E-state index in [0.29, 0.717) is 17.7 Å². The van der Waals surface area contributed by atoms with Crippen molar-refractivity contribution < 1.29 is 39.3 Å². The Morgan fingerprint density at radius 1 is 0.892 bits per heavy atom. The van der Waals surface area contributed by atoms with Gasteiger partial charge in [0.05, 0.1) is 12.5 Å². The lowest BCUT2D eigenvalue weighted by Crippen LogP contribution is -2.58. The van der Waals surface area contributed by atoms with Crippen LogP contribution in [0.2, 0.25) is 0 Å². The molecular formula is C24H36N4O8S. The summed E-state index contributed by atoms with van der Waals surface area (Å²) in [5.74, 6) is -4.53. The van der Waals surface area contributed by atoms with Crippen LogP contribution in [0, 0.1) is 5.92 Å². The number of benzene rings is 1. The minimum Gasteiger partial charge on any atom is -0.508 e. The van der Waals surface area contributed by atoms with Gasteiger partial charge in [0.15, 0.2) is 0 Å². The maximum atomic E-state index is 13.1. The molecule has 0 saturated heterocycles. The van der Waals surface area contributed by atoms with Crippen LogP contribution in [0.3, 0.4) is 0 Å². The Kier molecular flexibility index (Phi) is 13.5. The summed E-state index contributed by atoms with van der Waals surface area (Å²) in [6.07, 6.45) is 1.44. The van der Waals surface area contributed by atoms with Crippen molar-refractivity contribution in [3.05, 3.63) is 29.8 Å². The minimum absolute atomic E-state index is 0.0151. The van der Waals surface area contributed by atoms with E-state index in [9.17, 15) is 39.3 Å². The second kappa shape index (κ2) is 15.7. The van der Waals surface area contributed by atoms with E-state index in [1.54, 1.807) is 13.8 Å². The Hall–Kier alpha value is -3.32. The normalized spacial score (nSPS) is 14.2. The van der Waals surface area contributed by atoms with Crippen molar-refractivity contribution in [2.75, 3.05) is 12.0 Å². The predicted molar refractivity (Wildman–Crippen MR) is 138 cm³/mol. The van der Waals surface area contributed by atoms with E-state index in [-0.39, 0.29) is 24.5 Å². The zero-order chi connectivity index (χ0) is 28.1. The Labute approximate surface area is 219 Å². The van der Waals surface area contributed by atoms with Gasteiger partial charge in [-0.1, -0.05) is 26.0 Å². The average Bonchev–Trinajstić information content (AvgIpc) is 2.81. The lowest BCUT2D eigenvalue weighted by molar-refractivity contribution is -0.143. The van der Waals surface area contributed by atoms with Gasteiger partial charge in [0.2, 0.25) is 17.7 Å². The molecule has 0 aliphatic heterocycles. The zero-order valence-corrected chi connectivity index (χ0v) is 21.9. The van der Waals surface area contributed by atoms with E-state index < -0.39 is 60.2 Å². The lowest BCUT2D eigenvalue weighted by atomic mass is 10.0. The molecule has 0 bridgehead atoms. The molecule has 1 rings (SSSR count). The molecule has 12 nitrogen and oxygen atoms in total. The number of phenolic OH excluding ortho intramolecular Hbond substituents is 1. The third kappa shape index (κ3) is 12.0. The number of hydrogen-bond acceptors (Lipinski definition) is 8. The summed E-state index contributed by atoms with van der Waals surface area (Å²) in [5.41, 5.74) is 6.36. The van der Waals surface area contributed by atoms with Crippen molar-refractivity contribution in [1.82, 2.24) is 16.0 Å². The molecule has 0 heterocycles. The molecule has 0 aromatic heterocycles. The van der Waals surface area contributed by atoms with Gasteiger partial charge in [-0.05, 0) is 48.5 Å². The van der Waals surface area contributed by atoms with Gasteiger partial charge < -0.3 is 37.0 Å². The van der Waals surface area contributed by atoms with Crippen LogP contribution in [0.25, 0.3) is 0 Å². The molecule has 0 saturated carbocycles. The second-order valence-electron chi connectivity index (χ2n) is 9.01. The van der Waals surface area contributed by atoms with Crippen molar-refractivity contribution in [2.45, 2.75) is 63.7 Å². The van der Waals surface area contributed by atoms with Crippen LogP contribution >= 0.6 is 11.8 Å². The number of aromatic hydroxyl groups is 1. The molecule has 8 N–H and O–H groups in total. The fourth-order valence-electron chi connectivity index (χ4n) is 3.35. The number of carbonyl (C=O) groups excluding carboxylic acids is 3. The molecule has 3 amide bonds. The van der Waals surface area contributed by atoms with Gasteiger partial charge in [-0.3, -0.25) is 19.2 Å². The topological polar surface area (TPSA) is 208 Å². The van der Waals surface area contributed by atoms with Gasteiger partial charge in [0, 0.05) is 6.42 Å². The molecular weight excluding hydrogens is 504 g/mol. The summed E-state index contributed by atoms with van der Waals surface area (Å²) in [5, 5.41) is 35.5. The zero-order valence-electron chi connectivity index (χ0n) is 21.1. The highest BCUT2D eigenvalue weighted by molar-refractivity contribution is 7.98. The van der Waals surface area contributed by atoms with E-state index in [1.807, 2.05) is 6.26 Å². The molecule has 4 unspecified atom stereocenters. The fraction of sp³-hybridized carbons (Fsp3) is 0.542. The lowest BCUT2D eigenvalue weighted by Gasteiger charge is -2.25. The molecule has 1 aromatic rings. The van der Waals surface area contributed by atoms with E-state index in [1.165, 1.54) is 36.0 Å². The molecule has 4 atom stereocenters. The highest BCUT2D eigenvalue weighted by Crippen LogP contribution is 2.13. The van der Waals surface area contributed by atoms with E-state index in [0.717, 1.165) is 0 Å². The summed E-state index contributed by atoms with van der Waals surface area (Å²) in [6, 6.07) is 0.812. The quantitative estimate of drug-likeness (QED) is 0.150. The highest BCUT2D eigenvalue weighted by Gasteiger charge is 2.31. The summed E-state index contributed by atoms with van der Waals surface area (Å²) >= 11 is 1.47. The highest BCUT2D eigenvalue weighted by atomic mass is 32.2. The van der Waals surface area contributed by atoms with E-state index >= 15 is 0 Å². The number of hydrogen-bond donors (Lipinski definition) is 7. The predicted octanol–water partition coefficient (Wildman–Crippen LogP) is 0.0749. The molecule has 37 heavy (non-hydrogen) atoms. The summed E-state index contributed by atoms with van der Waals surface area (Å²) in [6.45, 7) is 3.59. The first-order chi connectivity index (χ1) is 17.3. The third-order valence-corrected chi connectivity index (χ3v) is 5.96. The van der Waals surface area contributed by atoms with Crippen molar-refractivity contribution in [3.63, 3.8) is 0 Å². The number of rotatable bonds is 16.